The number of fused-ring (bicyclic) bond motifs is 5. The lowest BCUT2D eigenvalue weighted by atomic mass is 10.0. The Morgan fingerprint density at radius 1 is 1.33 bits per heavy atom. The predicted octanol–water partition coefficient (Wildman–Crippen LogP) is 1.04. The molecule has 1 aromatic rings. The zero-order chi connectivity index (χ0) is 14.8. The molecule has 7 heteroatoms. The SMILES string of the molecule is NC(=S)c1ncccc1S(=O)(=O)NC1C2C3CCC(C3)C12. The fraction of sp³-hybridized carbons (Fsp3) is 0.571. The van der Waals surface area contributed by atoms with Crippen LogP contribution in [0.2, 0.25) is 0 Å². The van der Waals surface area contributed by atoms with E-state index in [0.717, 1.165) is 11.8 Å². The molecule has 3 aliphatic rings. The standard InChI is InChI=1S/C14H17N3O2S2/c15-14(20)12-9(2-1-5-16-12)21(18,19)17-13-10-7-3-4-8(6-7)11(10)13/h1-2,5,7-8,10-11,13,17H,3-4,6H2,(H2,15,20). The minimum atomic E-state index is -3.61. The molecule has 0 aliphatic heterocycles. The lowest BCUT2D eigenvalue weighted by Crippen LogP contribution is -2.32. The number of aromatic nitrogens is 1. The van der Waals surface area contributed by atoms with Crippen molar-refractivity contribution in [3.05, 3.63) is 24.0 Å². The number of hydrogen-bond acceptors (Lipinski definition) is 4. The number of thiocarbonyl (C=S) groups is 1. The van der Waals surface area contributed by atoms with Crippen molar-refractivity contribution in [3.8, 4) is 0 Å². The second kappa shape index (κ2) is 4.47. The largest absolute Gasteiger partial charge is 0.388 e. The summed E-state index contributed by atoms with van der Waals surface area (Å²) in [6.45, 7) is 0. The summed E-state index contributed by atoms with van der Waals surface area (Å²) in [7, 11) is -3.61. The minimum Gasteiger partial charge on any atom is -0.388 e. The smallest absolute Gasteiger partial charge is 0.243 e. The minimum absolute atomic E-state index is 0.00651. The van der Waals surface area contributed by atoms with Gasteiger partial charge in [0.15, 0.2) is 0 Å². The van der Waals surface area contributed by atoms with E-state index in [-0.39, 0.29) is 21.6 Å². The lowest BCUT2D eigenvalue weighted by Gasteiger charge is -2.13. The molecule has 3 saturated carbocycles. The summed E-state index contributed by atoms with van der Waals surface area (Å²) in [4.78, 5) is 4.10. The number of sulfonamides is 1. The Morgan fingerprint density at radius 3 is 2.62 bits per heavy atom. The molecule has 21 heavy (non-hydrogen) atoms. The van der Waals surface area contributed by atoms with Crippen molar-refractivity contribution in [2.75, 3.05) is 0 Å². The summed E-state index contributed by atoms with van der Waals surface area (Å²) in [5.74, 6) is 2.53. The first-order chi connectivity index (χ1) is 9.99. The summed E-state index contributed by atoms with van der Waals surface area (Å²) in [6.07, 6.45) is 5.31. The predicted molar refractivity (Wildman–Crippen MR) is 82.0 cm³/mol. The maximum atomic E-state index is 12.6. The van der Waals surface area contributed by atoms with Crippen molar-refractivity contribution in [2.45, 2.75) is 30.2 Å². The van der Waals surface area contributed by atoms with Crippen molar-refractivity contribution in [1.82, 2.24) is 9.71 Å². The van der Waals surface area contributed by atoms with Gasteiger partial charge in [0.1, 0.15) is 15.6 Å². The molecule has 0 aromatic carbocycles. The van der Waals surface area contributed by atoms with E-state index < -0.39 is 10.0 Å². The molecule has 4 atom stereocenters. The van der Waals surface area contributed by atoms with Crippen molar-refractivity contribution in [1.29, 1.82) is 0 Å². The van der Waals surface area contributed by atoms with Crippen molar-refractivity contribution < 1.29 is 8.42 Å². The van der Waals surface area contributed by atoms with Crippen LogP contribution in [0.1, 0.15) is 25.0 Å². The first-order valence-electron chi connectivity index (χ1n) is 7.26. The van der Waals surface area contributed by atoms with Crippen LogP contribution in [0.5, 0.6) is 0 Å². The molecule has 3 N–H and O–H groups in total. The van der Waals surface area contributed by atoms with Gasteiger partial charge in [-0.3, -0.25) is 4.98 Å². The summed E-state index contributed by atoms with van der Waals surface area (Å²) < 4.78 is 28.1. The second-order valence-electron chi connectivity index (χ2n) is 6.35. The third-order valence-corrected chi connectivity index (χ3v) is 7.00. The maximum absolute atomic E-state index is 12.6. The van der Waals surface area contributed by atoms with Crippen LogP contribution in [0.25, 0.3) is 0 Å². The highest BCUT2D eigenvalue weighted by Crippen LogP contribution is 2.65. The Labute approximate surface area is 129 Å². The fourth-order valence-electron chi connectivity index (χ4n) is 4.52. The molecular weight excluding hydrogens is 306 g/mol. The van der Waals surface area contributed by atoms with E-state index in [1.807, 2.05) is 0 Å². The van der Waals surface area contributed by atoms with Gasteiger partial charge < -0.3 is 5.73 Å². The van der Waals surface area contributed by atoms with Crippen LogP contribution < -0.4 is 10.5 Å². The molecule has 0 amide bonds. The van der Waals surface area contributed by atoms with Gasteiger partial charge in [-0.05, 0) is 55.1 Å². The molecule has 4 rings (SSSR count). The highest BCUT2D eigenvalue weighted by Gasteiger charge is 2.65. The molecule has 1 heterocycles. The van der Waals surface area contributed by atoms with Gasteiger partial charge in [0.05, 0.1) is 0 Å². The van der Waals surface area contributed by atoms with Gasteiger partial charge in [-0.1, -0.05) is 12.2 Å². The number of pyridine rings is 1. The summed E-state index contributed by atoms with van der Waals surface area (Å²) in [5.41, 5.74) is 5.76. The van der Waals surface area contributed by atoms with E-state index in [1.54, 1.807) is 6.07 Å². The summed E-state index contributed by atoms with van der Waals surface area (Å²) in [5, 5.41) is 0. The quantitative estimate of drug-likeness (QED) is 0.809. The van der Waals surface area contributed by atoms with Crippen molar-refractivity contribution >= 4 is 27.2 Å². The van der Waals surface area contributed by atoms with Crippen LogP contribution in [0.3, 0.4) is 0 Å². The fourth-order valence-corrected chi connectivity index (χ4v) is 6.22. The molecule has 4 unspecified atom stereocenters. The first kappa shape index (κ1) is 13.6. The average molecular weight is 323 g/mol. The number of nitrogens with two attached hydrogens (primary N) is 1. The molecule has 0 radical (unpaired) electrons. The van der Waals surface area contributed by atoms with E-state index in [2.05, 4.69) is 9.71 Å². The number of rotatable bonds is 4. The van der Waals surface area contributed by atoms with E-state index in [4.69, 9.17) is 18.0 Å². The Hall–Kier alpha value is -1.05. The lowest BCUT2D eigenvalue weighted by molar-refractivity contribution is 0.456. The Kier molecular flexibility index (Phi) is 2.90. The Morgan fingerprint density at radius 2 is 2.00 bits per heavy atom. The van der Waals surface area contributed by atoms with Crippen LogP contribution in [-0.4, -0.2) is 24.4 Å². The van der Waals surface area contributed by atoms with Crippen molar-refractivity contribution in [2.24, 2.45) is 29.4 Å². The molecule has 2 bridgehead atoms. The van der Waals surface area contributed by atoms with E-state index in [1.165, 1.54) is 31.5 Å². The van der Waals surface area contributed by atoms with Gasteiger partial charge in [-0.25, -0.2) is 13.1 Å². The maximum Gasteiger partial charge on any atom is 0.243 e. The van der Waals surface area contributed by atoms with Crippen LogP contribution in [0, 0.1) is 23.7 Å². The van der Waals surface area contributed by atoms with Gasteiger partial charge in [-0.2, -0.15) is 0 Å². The summed E-state index contributed by atoms with van der Waals surface area (Å²) in [6, 6.07) is 3.20. The molecule has 0 spiro atoms. The molecule has 3 aliphatic carbocycles. The van der Waals surface area contributed by atoms with Crippen LogP contribution in [0.4, 0.5) is 0 Å². The third kappa shape index (κ3) is 2.02. The Balaban J connectivity index is 1.60. The van der Waals surface area contributed by atoms with Crippen LogP contribution in [-0.2, 0) is 10.0 Å². The Bertz CT molecular complexity index is 703. The highest BCUT2D eigenvalue weighted by molar-refractivity contribution is 7.89. The molecule has 1 aromatic heterocycles. The highest BCUT2D eigenvalue weighted by atomic mass is 32.2. The zero-order valence-electron chi connectivity index (χ0n) is 11.4. The van der Waals surface area contributed by atoms with Gasteiger partial charge in [0.2, 0.25) is 10.0 Å². The van der Waals surface area contributed by atoms with Crippen LogP contribution >= 0.6 is 12.2 Å². The molecule has 112 valence electrons. The summed E-state index contributed by atoms with van der Waals surface area (Å²) >= 11 is 4.90. The van der Waals surface area contributed by atoms with Crippen LogP contribution in [0.15, 0.2) is 23.2 Å². The molecular formula is C14H17N3O2S2. The third-order valence-electron chi connectivity index (χ3n) is 5.32. The van der Waals surface area contributed by atoms with Gasteiger partial charge >= 0.3 is 0 Å². The van der Waals surface area contributed by atoms with E-state index in [9.17, 15) is 8.42 Å². The number of nitrogens with one attached hydrogen (secondary N) is 1. The number of hydrogen-bond donors (Lipinski definition) is 2. The molecule has 5 nitrogen and oxygen atoms in total. The average Bonchev–Trinajstić information content (AvgIpc) is 2.85. The normalized spacial score (nSPS) is 36.5. The molecule has 0 saturated heterocycles. The number of nitrogens with zero attached hydrogens (tertiary/aromatic N) is 1. The van der Waals surface area contributed by atoms with Gasteiger partial charge in [0, 0.05) is 12.2 Å². The van der Waals surface area contributed by atoms with E-state index in [0.29, 0.717) is 11.8 Å². The zero-order valence-corrected chi connectivity index (χ0v) is 13.0. The second-order valence-corrected chi connectivity index (χ2v) is 8.47. The monoisotopic (exact) mass is 323 g/mol. The first-order valence-corrected chi connectivity index (χ1v) is 9.15. The van der Waals surface area contributed by atoms with Crippen molar-refractivity contribution in [3.63, 3.8) is 0 Å². The topological polar surface area (TPSA) is 85.1 Å². The van der Waals surface area contributed by atoms with Gasteiger partial charge in [0.25, 0.3) is 0 Å². The van der Waals surface area contributed by atoms with Gasteiger partial charge in [-0.15, -0.1) is 0 Å². The van der Waals surface area contributed by atoms with E-state index >= 15 is 0 Å². The molecule has 3 fully saturated rings.